The lowest BCUT2D eigenvalue weighted by Gasteiger charge is -2.66. The van der Waals surface area contributed by atoms with E-state index in [1.165, 1.54) is 25.8 Å². The minimum absolute atomic E-state index is 0.0463. The Kier molecular flexibility index (Phi) is 6.02. The highest BCUT2D eigenvalue weighted by molar-refractivity contribution is 8.00. The summed E-state index contributed by atoms with van der Waals surface area (Å²) in [6, 6.07) is 2.09. The average Bonchev–Trinajstić information content (AvgIpc) is 3.56. The van der Waals surface area contributed by atoms with Gasteiger partial charge in [0.15, 0.2) is 23.0 Å². The van der Waals surface area contributed by atoms with Crippen LogP contribution < -0.4 is 18.9 Å². The predicted molar refractivity (Wildman–Crippen MR) is 157 cm³/mol. The van der Waals surface area contributed by atoms with Crippen molar-refractivity contribution >= 4 is 29.5 Å². The fourth-order valence-electron chi connectivity index (χ4n) is 8.91. The summed E-state index contributed by atoms with van der Waals surface area (Å²) in [6.45, 7) is 6.84. The minimum atomic E-state index is -0.943. The van der Waals surface area contributed by atoms with Crippen LogP contribution in [0.1, 0.15) is 71.0 Å². The van der Waals surface area contributed by atoms with Crippen molar-refractivity contribution in [3.05, 3.63) is 39.4 Å². The van der Waals surface area contributed by atoms with E-state index in [1.54, 1.807) is 6.92 Å². The lowest BCUT2D eigenvalue weighted by molar-refractivity contribution is -0.186. The molecule has 2 aromatic rings. The van der Waals surface area contributed by atoms with Crippen molar-refractivity contribution in [2.75, 3.05) is 26.3 Å². The molecular formula is C32H31N3O9S. The number of piperazine rings is 1. The zero-order chi connectivity index (χ0) is 31.7. The number of phenolic OH excluding ortho intramolecular Hbond substituents is 1. The van der Waals surface area contributed by atoms with Crippen molar-refractivity contribution in [2.24, 2.45) is 0 Å². The van der Waals surface area contributed by atoms with E-state index in [0.29, 0.717) is 51.7 Å². The number of aromatic hydroxyl groups is 1. The van der Waals surface area contributed by atoms with Gasteiger partial charge in [0, 0.05) is 46.8 Å². The molecule has 2 bridgehead atoms. The molecule has 45 heavy (non-hydrogen) atoms. The van der Waals surface area contributed by atoms with Gasteiger partial charge in [-0.1, -0.05) is 0 Å². The largest absolute Gasteiger partial charge is 0.504 e. The van der Waals surface area contributed by atoms with Crippen LogP contribution in [0, 0.1) is 25.2 Å². The molecule has 3 fully saturated rings. The van der Waals surface area contributed by atoms with E-state index in [0.717, 1.165) is 11.1 Å². The average molecular weight is 634 g/mol. The molecule has 0 aliphatic carbocycles. The first-order chi connectivity index (χ1) is 21.5. The van der Waals surface area contributed by atoms with Crippen molar-refractivity contribution in [2.45, 2.75) is 75.1 Å². The van der Waals surface area contributed by atoms with Gasteiger partial charge in [0.2, 0.25) is 12.6 Å². The van der Waals surface area contributed by atoms with Gasteiger partial charge in [0.25, 0.3) is 0 Å². The van der Waals surface area contributed by atoms with Crippen molar-refractivity contribution in [1.82, 2.24) is 9.80 Å². The first kappa shape index (κ1) is 28.5. The molecule has 13 heteroatoms. The number of aryl methyl sites for hydroxylation is 1. The number of esters is 2. The number of methoxy groups -OCH3 is 1. The monoisotopic (exact) mass is 633 g/mol. The number of carbonyl (C=O) groups is 3. The Hall–Kier alpha value is -3.99. The molecule has 0 radical (unpaired) electrons. The summed E-state index contributed by atoms with van der Waals surface area (Å²) in [5.41, 5.74) is 3.86. The van der Waals surface area contributed by atoms with Crippen LogP contribution in [0.3, 0.4) is 0 Å². The quantitative estimate of drug-likeness (QED) is 0.293. The van der Waals surface area contributed by atoms with Crippen LogP contribution in [-0.4, -0.2) is 77.0 Å². The number of hydrogen-bond acceptors (Lipinski definition) is 13. The maximum Gasteiger partial charge on any atom is 0.375 e. The zero-order valence-corrected chi connectivity index (χ0v) is 26.1. The summed E-state index contributed by atoms with van der Waals surface area (Å²) in [5, 5.41) is 22.1. The second-order valence-electron chi connectivity index (χ2n) is 12.7. The van der Waals surface area contributed by atoms with Crippen LogP contribution in [0.5, 0.6) is 28.7 Å². The van der Waals surface area contributed by atoms with Gasteiger partial charge in [-0.25, -0.2) is 4.79 Å². The normalized spacial score (nSPS) is 32.4. The Bertz CT molecular complexity index is 1790. The lowest BCUT2D eigenvalue weighted by Crippen LogP contribution is -2.75. The number of ether oxygens (including phenoxy) is 5. The highest BCUT2D eigenvalue weighted by Gasteiger charge is 2.70. The van der Waals surface area contributed by atoms with Gasteiger partial charge in [0.1, 0.15) is 18.4 Å². The third-order valence-electron chi connectivity index (χ3n) is 10.5. The molecule has 6 heterocycles. The number of nitrogens with zero attached hydrogens (tertiary/aromatic N) is 3. The van der Waals surface area contributed by atoms with Crippen molar-refractivity contribution in [1.29, 1.82) is 5.26 Å². The number of carbonyl (C=O) groups excluding carboxylic acids is 3. The van der Waals surface area contributed by atoms with Crippen LogP contribution in [0.25, 0.3) is 0 Å². The summed E-state index contributed by atoms with van der Waals surface area (Å²) in [5.74, 6) is -0.767. The third-order valence-corrected chi connectivity index (χ3v) is 11.8. The van der Waals surface area contributed by atoms with Gasteiger partial charge in [-0.15, -0.1) is 11.8 Å². The van der Waals surface area contributed by atoms with E-state index in [2.05, 4.69) is 28.9 Å². The van der Waals surface area contributed by atoms with Crippen LogP contribution >= 0.6 is 11.8 Å². The SMILES string of the molecule is COc1c(C)cc2c(c1O)[C@@H]1[C@@H]3[C@@H]4SCC(=O)C(=O)OC[C@@H](c5c6c(c(C)c(OC(C)=O)c54)OCO6)N3[C@@H](C#N)[C@@H]3CC2(C)N13. The molecule has 7 atom stereocenters. The molecule has 3 saturated heterocycles. The van der Waals surface area contributed by atoms with Gasteiger partial charge in [-0.05, 0) is 44.4 Å². The van der Waals surface area contributed by atoms with Crippen LogP contribution in [0.2, 0.25) is 0 Å². The lowest BCUT2D eigenvalue weighted by atomic mass is 9.70. The highest BCUT2D eigenvalue weighted by atomic mass is 32.2. The number of ketones is 1. The number of benzene rings is 2. The second kappa shape index (κ2) is 9.51. The number of Topliss-reactive ketones (excluding diaryl/α,β-unsaturated/α-hetero) is 1. The van der Waals surface area contributed by atoms with Crippen LogP contribution in [0.4, 0.5) is 0 Å². The van der Waals surface area contributed by atoms with E-state index >= 15 is 0 Å². The maximum atomic E-state index is 13.0. The van der Waals surface area contributed by atoms with Gasteiger partial charge >= 0.3 is 11.9 Å². The molecule has 1 N–H and O–H groups in total. The maximum absolute atomic E-state index is 13.0. The van der Waals surface area contributed by atoms with Gasteiger partial charge in [0.05, 0.1) is 36.3 Å². The number of thioether (sulfide) groups is 1. The van der Waals surface area contributed by atoms with Crippen molar-refractivity contribution in [3.8, 4) is 34.8 Å². The van der Waals surface area contributed by atoms with E-state index in [4.69, 9.17) is 23.7 Å². The van der Waals surface area contributed by atoms with Gasteiger partial charge in [-0.2, -0.15) is 5.26 Å². The Morgan fingerprint density at radius 3 is 2.62 bits per heavy atom. The molecule has 8 rings (SSSR count). The number of phenols is 1. The molecule has 0 spiro atoms. The Labute approximate surface area is 263 Å². The minimum Gasteiger partial charge on any atom is -0.504 e. The fraction of sp³-hybridized carbons (Fsp3) is 0.500. The number of nitriles is 1. The van der Waals surface area contributed by atoms with E-state index in [-0.39, 0.29) is 30.9 Å². The molecular weight excluding hydrogens is 602 g/mol. The van der Waals surface area contributed by atoms with Crippen LogP contribution in [-0.2, 0) is 24.7 Å². The van der Waals surface area contributed by atoms with E-state index < -0.39 is 52.7 Å². The Morgan fingerprint density at radius 1 is 1.16 bits per heavy atom. The molecule has 2 aromatic carbocycles. The molecule has 6 aliphatic rings. The summed E-state index contributed by atoms with van der Waals surface area (Å²) < 4.78 is 29.2. The molecule has 1 unspecified atom stereocenters. The smallest absolute Gasteiger partial charge is 0.375 e. The van der Waals surface area contributed by atoms with E-state index in [1.807, 2.05) is 6.92 Å². The predicted octanol–water partition coefficient (Wildman–Crippen LogP) is 3.25. The molecule has 12 nitrogen and oxygen atoms in total. The summed E-state index contributed by atoms with van der Waals surface area (Å²) in [4.78, 5) is 42.7. The number of fused-ring (bicyclic) bond motifs is 8. The first-order valence-electron chi connectivity index (χ1n) is 14.9. The summed E-state index contributed by atoms with van der Waals surface area (Å²) >= 11 is 1.23. The fourth-order valence-corrected chi connectivity index (χ4v) is 10.2. The second-order valence-corrected chi connectivity index (χ2v) is 13.8. The Morgan fingerprint density at radius 2 is 1.91 bits per heavy atom. The first-order valence-corrected chi connectivity index (χ1v) is 15.9. The summed E-state index contributed by atoms with van der Waals surface area (Å²) in [7, 11) is 1.52. The van der Waals surface area contributed by atoms with E-state index in [9.17, 15) is 24.8 Å². The van der Waals surface area contributed by atoms with Crippen molar-refractivity contribution in [3.63, 3.8) is 0 Å². The topological polar surface area (TPSA) is 148 Å². The molecule has 234 valence electrons. The zero-order valence-electron chi connectivity index (χ0n) is 25.3. The molecule has 0 saturated carbocycles. The van der Waals surface area contributed by atoms with Crippen molar-refractivity contribution < 1.29 is 43.2 Å². The van der Waals surface area contributed by atoms with Gasteiger partial charge < -0.3 is 28.8 Å². The van der Waals surface area contributed by atoms with Crippen LogP contribution in [0.15, 0.2) is 6.07 Å². The van der Waals surface area contributed by atoms with Gasteiger partial charge in [-0.3, -0.25) is 19.4 Å². The number of cyclic esters (lactones) is 1. The summed E-state index contributed by atoms with van der Waals surface area (Å²) in [6.07, 6.45) is 0.670. The Balaban J connectivity index is 1.46. The third kappa shape index (κ3) is 3.47. The number of hydrogen-bond donors (Lipinski definition) is 1. The molecule has 6 aliphatic heterocycles. The number of rotatable bonds is 2. The molecule has 0 amide bonds. The standard InChI is InChI=1S/C32H31N3O9S/c1-12-6-15-20(25(38)26(12)40-5)23-24-30-22-21(29-28(42-11-43-29)13(2)27(22)44-14(3)36)18(9-41-31(39)19(37)10-45-30)34(24)17(8-33)16-7-32(15,4)35(16)23/h6,16-18,23-24,30,38H,7,9-11H2,1-5H3/t16-,17-,18-,23+,24+,30+,32?/m0/s1. The molecule has 0 aromatic heterocycles. The highest BCUT2D eigenvalue weighted by Crippen LogP contribution is 2.70.